The van der Waals surface area contributed by atoms with Crippen LogP contribution >= 0.6 is 0 Å². The van der Waals surface area contributed by atoms with E-state index in [0.717, 1.165) is 18.5 Å². The lowest BCUT2D eigenvalue weighted by atomic mass is 9.67. The highest BCUT2D eigenvalue weighted by molar-refractivity contribution is 6.15. The Balaban J connectivity index is 1.53. The summed E-state index contributed by atoms with van der Waals surface area (Å²) < 4.78 is 19.9. The summed E-state index contributed by atoms with van der Waals surface area (Å²) in [7, 11) is 3.68. The summed E-state index contributed by atoms with van der Waals surface area (Å²) >= 11 is 0. The number of unbranched alkanes of at least 4 members (excludes halogenated alkanes) is 1. The molecule has 0 spiro atoms. The molecule has 1 amide bonds. The Morgan fingerprint density at radius 3 is 2.52 bits per heavy atom. The van der Waals surface area contributed by atoms with Crippen LogP contribution < -0.4 is 5.32 Å². The molecule has 4 heterocycles. The SMILES string of the molecule is B[C@@H]1CC(=O)[C@@H](C)C(=O)O[C@H](CC)[C@@]2(C)OC(=O)N(CCCCn3cc(-c4ccccn4)nn3)[C@@H]2[C@@H](C)NC[C@H](C)C[C@@]1(C)OC. The van der Waals surface area contributed by atoms with E-state index in [-0.39, 0.29) is 30.0 Å². The maximum absolute atomic E-state index is 13.5. The number of ketones is 1. The summed E-state index contributed by atoms with van der Waals surface area (Å²) in [6.07, 6.45) is 5.24. The molecular weight excluding hydrogens is 587 g/mol. The minimum absolute atomic E-state index is 0.0975. The first-order valence-electron chi connectivity index (χ1n) is 16.7. The monoisotopic (exact) mass is 638 g/mol. The van der Waals surface area contributed by atoms with Crippen LogP contribution in [0.2, 0.25) is 5.82 Å². The van der Waals surface area contributed by atoms with Gasteiger partial charge in [0, 0.05) is 38.9 Å². The number of Topliss-reactive ketones (excluding diaryl/α,β-unsaturated/α-hetero) is 1. The predicted octanol–water partition coefficient (Wildman–Crippen LogP) is 3.46. The van der Waals surface area contributed by atoms with Gasteiger partial charge in [-0.05, 0) is 83.8 Å². The number of carbonyl (C=O) groups excluding carboxylic acids is 3. The van der Waals surface area contributed by atoms with Crippen molar-refractivity contribution in [1.29, 1.82) is 0 Å². The molecule has 0 aromatic carbocycles. The number of carbonyl (C=O) groups is 3. The summed E-state index contributed by atoms with van der Waals surface area (Å²) in [4.78, 5) is 46.3. The van der Waals surface area contributed by atoms with Gasteiger partial charge in [0.25, 0.3) is 0 Å². The second-order valence-electron chi connectivity index (χ2n) is 13.6. The predicted molar refractivity (Wildman–Crippen MR) is 176 cm³/mol. The van der Waals surface area contributed by atoms with Crippen molar-refractivity contribution >= 4 is 25.7 Å². The molecule has 13 heteroatoms. The lowest BCUT2D eigenvalue weighted by molar-refractivity contribution is -0.169. The van der Waals surface area contributed by atoms with E-state index >= 15 is 0 Å². The van der Waals surface area contributed by atoms with Crippen molar-refractivity contribution in [1.82, 2.24) is 30.2 Å². The number of hydrogen-bond donors (Lipinski definition) is 1. The molecule has 12 nitrogen and oxygen atoms in total. The fourth-order valence-corrected chi connectivity index (χ4v) is 7.00. The Hall–Kier alpha value is -3.32. The number of rotatable bonds is 8. The first-order valence-corrected chi connectivity index (χ1v) is 16.7. The normalized spacial score (nSPS) is 33.1. The molecule has 2 aliphatic heterocycles. The zero-order valence-corrected chi connectivity index (χ0v) is 28.7. The molecule has 46 heavy (non-hydrogen) atoms. The van der Waals surface area contributed by atoms with Gasteiger partial charge in [-0.25, -0.2) is 4.79 Å². The van der Waals surface area contributed by atoms with E-state index in [1.807, 2.05) is 53.0 Å². The second kappa shape index (κ2) is 15.1. The molecule has 0 radical (unpaired) electrons. The Bertz CT molecular complexity index is 1340. The van der Waals surface area contributed by atoms with Crippen molar-refractivity contribution in [2.45, 2.75) is 115 Å². The maximum Gasteiger partial charge on any atom is 0.410 e. The van der Waals surface area contributed by atoms with E-state index in [2.05, 4.69) is 34.5 Å². The van der Waals surface area contributed by atoms with Gasteiger partial charge in [-0.15, -0.1) is 5.10 Å². The van der Waals surface area contributed by atoms with Crippen LogP contribution in [0.4, 0.5) is 4.79 Å². The maximum atomic E-state index is 13.5. The summed E-state index contributed by atoms with van der Waals surface area (Å²) in [5.74, 6) is -1.61. The van der Waals surface area contributed by atoms with Crippen LogP contribution in [-0.4, -0.2) is 100 Å². The van der Waals surface area contributed by atoms with Crippen molar-refractivity contribution < 1.29 is 28.6 Å². The fourth-order valence-electron chi connectivity index (χ4n) is 7.00. The zero-order valence-electron chi connectivity index (χ0n) is 28.7. The van der Waals surface area contributed by atoms with Crippen LogP contribution in [0.25, 0.3) is 11.4 Å². The molecule has 0 aliphatic carbocycles. The standard InChI is InChI=1S/C33H51BN6O6/c1-8-28-33(6)29(23(4)36-19-21(2)18-32(5,44-7)27(34)17-26(41)22(3)30(42)45-28)40(31(43)46-33)16-12-11-15-39-20-25(37-38-39)24-13-9-10-14-35-24/h9-10,13-14,20-23,27-29,36H,8,11-12,15-19,34H2,1-7H3/t21-,22-,23-,27-,28-,29-,32-,33-/m1/s1. The van der Waals surface area contributed by atoms with Crippen molar-refractivity contribution in [3.63, 3.8) is 0 Å². The highest BCUT2D eigenvalue weighted by Gasteiger charge is 2.58. The number of esters is 1. The number of methoxy groups -OCH3 is 1. The third-order valence-corrected chi connectivity index (χ3v) is 10.1. The number of ether oxygens (including phenoxy) is 3. The fraction of sp³-hybridized carbons (Fsp3) is 0.697. The third-order valence-electron chi connectivity index (χ3n) is 10.1. The number of aryl methyl sites for hydroxylation is 1. The lowest BCUT2D eigenvalue weighted by Crippen LogP contribution is -2.60. The van der Waals surface area contributed by atoms with Crippen LogP contribution in [0, 0.1) is 11.8 Å². The van der Waals surface area contributed by atoms with Gasteiger partial charge in [0.05, 0.1) is 23.5 Å². The number of hydrogen-bond acceptors (Lipinski definition) is 10. The van der Waals surface area contributed by atoms with Gasteiger partial charge in [0.15, 0.2) is 5.60 Å². The molecule has 2 aliphatic rings. The summed E-state index contributed by atoms with van der Waals surface area (Å²) in [6.45, 7) is 13.4. The molecule has 2 fully saturated rings. The molecule has 2 aromatic heterocycles. The van der Waals surface area contributed by atoms with Gasteiger partial charge in [0.2, 0.25) is 0 Å². The van der Waals surface area contributed by atoms with E-state index in [0.29, 0.717) is 38.2 Å². The van der Waals surface area contributed by atoms with Crippen LogP contribution in [-0.2, 0) is 30.3 Å². The van der Waals surface area contributed by atoms with Gasteiger partial charge in [-0.1, -0.05) is 25.1 Å². The Labute approximate surface area is 273 Å². The zero-order chi connectivity index (χ0) is 33.6. The minimum atomic E-state index is -1.13. The molecule has 0 saturated carbocycles. The summed E-state index contributed by atoms with van der Waals surface area (Å²) in [5, 5.41) is 12.2. The number of aromatic nitrogens is 4. The molecule has 4 rings (SSSR count). The van der Waals surface area contributed by atoms with Crippen molar-refractivity contribution in [3.8, 4) is 11.4 Å². The van der Waals surface area contributed by atoms with Crippen molar-refractivity contribution in [2.24, 2.45) is 11.8 Å². The summed E-state index contributed by atoms with van der Waals surface area (Å²) in [6, 6.07) is 5.06. The van der Waals surface area contributed by atoms with Gasteiger partial charge in [-0.3, -0.25) is 24.2 Å². The smallest absolute Gasteiger partial charge is 0.410 e. The largest absolute Gasteiger partial charge is 0.458 e. The first-order chi connectivity index (χ1) is 21.8. The average Bonchev–Trinajstić information content (AvgIpc) is 3.61. The first kappa shape index (κ1) is 35.5. The van der Waals surface area contributed by atoms with Crippen molar-refractivity contribution in [2.75, 3.05) is 20.2 Å². The number of pyridine rings is 1. The van der Waals surface area contributed by atoms with Gasteiger partial charge in [0.1, 0.15) is 31.3 Å². The minimum Gasteiger partial charge on any atom is -0.458 e. The molecule has 0 bridgehead atoms. The molecule has 8 atom stereocenters. The van der Waals surface area contributed by atoms with E-state index in [1.165, 1.54) is 0 Å². The van der Waals surface area contributed by atoms with Crippen LogP contribution in [0.3, 0.4) is 0 Å². The number of amides is 1. The number of fused-ring (bicyclic) bond motifs is 1. The van der Waals surface area contributed by atoms with E-state index < -0.39 is 41.3 Å². The Kier molecular flexibility index (Phi) is 11.6. The molecule has 1 N–H and O–H groups in total. The van der Waals surface area contributed by atoms with Crippen LogP contribution in [0.5, 0.6) is 0 Å². The summed E-state index contributed by atoms with van der Waals surface area (Å²) in [5.41, 5.74) is -0.205. The van der Waals surface area contributed by atoms with E-state index in [1.54, 1.807) is 29.8 Å². The highest BCUT2D eigenvalue weighted by atomic mass is 16.6. The highest BCUT2D eigenvalue weighted by Crippen LogP contribution is 2.39. The van der Waals surface area contributed by atoms with E-state index in [9.17, 15) is 14.4 Å². The van der Waals surface area contributed by atoms with Crippen LogP contribution in [0.1, 0.15) is 73.6 Å². The molecule has 2 aromatic rings. The third kappa shape index (κ3) is 7.79. The Morgan fingerprint density at radius 1 is 1.11 bits per heavy atom. The van der Waals surface area contributed by atoms with Gasteiger partial charge < -0.3 is 19.5 Å². The Morgan fingerprint density at radius 2 is 1.85 bits per heavy atom. The number of nitrogens with zero attached hydrogens (tertiary/aromatic N) is 5. The van der Waals surface area contributed by atoms with Crippen LogP contribution in [0.15, 0.2) is 30.6 Å². The van der Waals surface area contributed by atoms with Gasteiger partial charge >= 0.3 is 12.1 Å². The van der Waals surface area contributed by atoms with Crippen molar-refractivity contribution in [3.05, 3.63) is 30.6 Å². The molecule has 0 unspecified atom stereocenters. The number of cyclic esters (lactones) is 1. The lowest BCUT2D eigenvalue weighted by Gasteiger charge is -2.41. The molecule has 2 saturated heterocycles. The van der Waals surface area contributed by atoms with Gasteiger partial charge in [-0.2, -0.15) is 0 Å². The van der Waals surface area contributed by atoms with E-state index in [4.69, 9.17) is 14.2 Å². The topological polar surface area (TPSA) is 138 Å². The molecule has 252 valence electrons. The quantitative estimate of drug-likeness (QED) is 0.198. The average molecular weight is 639 g/mol. The number of nitrogens with one attached hydrogen (secondary N) is 1. The molecular formula is C33H51BN6O6. The second-order valence-corrected chi connectivity index (χ2v) is 13.6.